The molecule has 0 N–H and O–H groups in total. The molecule has 0 spiro atoms. The van der Waals surface area contributed by atoms with Crippen molar-refractivity contribution < 1.29 is 4.79 Å². The molecule has 0 bridgehead atoms. The van der Waals surface area contributed by atoms with Gasteiger partial charge in [-0.15, -0.1) is 0 Å². The molecule has 0 aromatic rings. The van der Waals surface area contributed by atoms with Crippen LogP contribution in [0.4, 0.5) is 0 Å². The van der Waals surface area contributed by atoms with Gasteiger partial charge in [0.05, 0.1) is 5.54 Å². The zero-order valence-corrected chi connectivity index (χ0v) is 9.05. The molecular formula is C11H19NO. The van der Waals surface area contributed by atoms with Gasteiger partial charge in [0, 0.05) is 11.6 Å². The van der Waals surface area contributed by atoms with Crippen molar-refractivity contribution in [1.29, 1.82) is 0 Å². The Morgan fingerprint density at radius 2 is 2.08 bits per heavy atom. The highest BCUT2D eigenvalue weighted by atomic mass is 16.1. The van der Waals surface area contributed by atoms with Gasteiger partial charge < -0.3 is 0 Å². The van der Waals surface area contributed by atoms with Crippen LogP contribution >= 0.6 is 0 Å². The molecule has 0 fully saturated rings. The van der Waals surface area contributed by atoms with Crippen LogP contribution in [0, 0.1) is 5.92 Å². The summed E-state index contributed by atoms with van der Waals surface area (Å²) in [6, 6.07) is 0. The number of carbonyl (C=O) groups excluding carboxylic acids is 1. The van der Waals surface area contributed by atoms with E-state index in [0.717, 1.165) is 25.0 Å². The van der Waals surface area contributed by atoms with Gasteiger partial charge in [0.2, 0.25) is 0 Å². The molecule has 2 nitrogen and oxygen atoms in total. The molecule has 0 aliphatic carbocycles. The number of carbonyl (C=O) groups is 1. The first-order valence-electron chi connectivity index (χ1n) is 5.11. The van der Waals surface area contributed by atoms with Gasteiger partial charge in [-0.25, -0.2) is 0 Å². The fourth-order valence-corrected chi connectivity index (χ4v) is 2.41. The lowest BCUT2D eigenvalue weighted by molar-refractivity contribution is -0.122. The Bertz CT molecular complexity index is 238. The molecular weight excluding hydrogens is 162 g/mol. The second kappa shape index (κ2) is 3.60. The smallest absolute Gasteiger partial charge is 0.135 e. The van der Waals surface area contributed by atoms with Gasteiger partial charge in [-0.3, -0.25) is 9.79 Å². The maximum atomic E-state index is 11.5. The van der Waals surface area contributed by atoms with E-state index in [-0.39, 0.29) is 11.5 Å². The Labute approximate surface area is 80.4 Å². The maximum absolute atomic E-state index is 11.5. The summed E-state index contributed by atoms with van der Waals surface area (Å²) in [4.78, 5) is 16.1. The molecule has 74 valence electrons. The van der Waals surface area contributed by atoms with Gasteiger partial charge in [-0.05, 0) is 33.1 Å². The van der Waals surface area contributed by atoms with Gasteiger partial charge in [-0.1, -0.05) is 13.8 Å². The number of nitrogens with zero attached hydrogens (tertiary/aromatic N) is 1. The van der Waals surface area contributed by atoms with Crippen molar-refractivity contribution in [2.24, 2.45) is 10.9 Å². The second-order valence-corrected chi connectivity index (χ2v) is 4.03. The summed E-state index contributed by atoms with van der Waals surface area (Å²) in [5.41, 5.74) is 1.07. The van der Waals surface area contributed by atoms with E-state index in [0.29, 0.717) is 5.78 Å². The Balaban J connectivity index is 2.96. The van der Waals surface area contributed by atoms with Crippen LogP contribution in [0.1, 0.15) is 47.0 Å². The molecule has 0 radical (unpaired) electrons. The molecule has 0 saturated heterocycles. The fourth-order valence-electron chi connectivity index (χ4n) is 2.41. The Morgan fingerprint density at radius 1 is 1.54 bits per heavy atom. The molecule has 0 saturated carbocycles. The van der Waals surface area contributed by atoms with Gasteiger partial charge in [-0.2, -0.15) is 0 Å². The van der Waals surface area contributed by atoms with Crippen LogP contribution in [0.2, 0.25) is 0 Å². The highest BCUT2D eigenvalue weighted by Gasteiger charge is 2.42. The largest absolute Gasteiger partial charge is 0.300 e. The standard InChI is InChI=1S/C11H19NO/c1-5-11(6-2)10(9(4)13)7-8(3)12-11/h10H,5-7H2,1-4H3. The van der Waals surface area contributed by atoms with E-state index in [1.54, 1.807) is 6.92 Å². The number of hydrogen-bond acceptors (Lipinski definition) is 2. The molecule has 1 unspecified atom stereocenters. The molecule has 0 amide bonds. The second-order valence-electron chi connectivity index (χ2n) is 4.03. The van der Waals surface area contributed by atoms with E-state index in [1.165, 1.54) is 0 Å². The van der Waals surface area contributed by atoms with E-state index < -0.39 is 0 Å². The first-order valence-corrected chi connectivity index (χ1v) is 5.11. The van der Waals surface area contributed by atoms with Crippen molar-refractivity contribution in [3.63, 3.8) is 0 Å². The van der Waals surface area contributed by atoms with Crippen molar-refractivity contribution in [1.82, 2.24) is 0 Å². The zero-order chi connectivity index (χ0) is 10.1. The minimum atomic E-state index is -0.0735. The lowest BCUT2D eigenvalue weighted by Gasteiger charge is -2.29. The predicted molar refractivity (Wildman–Crippen MR) is 55.2 cm³/mol. The van der Waals surface area contributed by atoms with Crippen LogP contribution in [-0.2, 0) is 4.79 Å². The average Bonchev–Trinajstić information content (AvgIpc) is 2.43. The van der Waals surface area contributed by atoms with Crippen molar-refractivity contribution in [3.05, 3.63) is 0 Å². The summed E-state index contributed by atoms with van der Waals surface area (Å²) in [7, 11) is 0. The number of hydrogen-bond donors (Lipinski definition) is 0. The molecule has 1 aliphatic heterocycles. The topological polar surface area (TPSA) is 29.4 Å². The Morgan fingerprint density at radius 3 is 2.38 bits per heavy atom. The van der Waals surface area contributed by atoms with Crippen LogP contribution in [-0.4, -0.2) is 17.0 Å². The first kappa shape index (κ1) is 10.4. The normalized spacial score (nSPS) is 25.8. The lowest BCUT2D eigenvalue weighted by atomic mass is 9.78. The van der Waals surface area contributed by atoms with E-state index >= 15 is 0 Å². The summed E-state index contributed by atoms with van der Waals surface area (Å²) < 4.78 is 0. The molecule has 0 aromatic heterocycles. The SMILES string of the molecule is CCC1(CC)N=C(C)CC1C(C)=O. The summed E-state index contributed by atoms with van der Waals surface area (Å²) in [5.74, 6) is 0.437. The third-order valence-corrected chi connectivity index (χ3v) is 3.28. The van der Waals surface area contributed by atoms with E-state index in [1.807, 2.05) is 6.92 Å². The summed E-state index contributed by atoms with van der Waals surface area (Å²) in [6.45, 7) is 7.98. The number of rotatable bonds is 3. The molecule has 1 aliphatic rings. The molecule has 2 heteroatoms. The van der Waals surface area contributed by atoms with Crippen LogP contribution in [0.15, 0.2) is 4.99 Å². The highest BCUT2D eigenvalue weighted by Crippen LogP contribution is 2.38. The molecule has 13 heavy (non-hydrogen) atoms. The van der Waals surface area contributed by atoms with E-state index in [2.05, 4.69) is 18.8 Å². The quantitative estimate of drug-likeness (QED) is 0.658. The number of ketones is 1. The number of aliphatic imine (C=N–C) groups is 1. The minimum Gasteiger partial charge on any atom is -0.300 e. The van der Waals surface area contributed by atoms with Crippen molar-refractivity contribution in [2.75, 3.05) is 0 Å². The fraction of sp³-hybridized carbons (Fsp3) is 0.818. The van der Waals surface area contributed by atoms with Gasteiger partial charge in [0.15, 0.2) is 0 Å². The molecule has 0 aromatic carbocycles. The van der Waals surface area contributed by atoms with Crippen molar-refractivity contribution in [2.45, 2.75) is 52.5 Å². The summed E-state index contributed by atoms with van der Waals surface area (Å²) >= 11 is 0. The van der Waals surface area contributed by atoms with E-state index in [9.17, 15) is 4.79 Å². The number of Topliss-reactive ketones (excluding diaryl/α,β-unsaturated/α-hetero) is 1. The predicted octanol–water partition coefficient (Wildman–Crippen LogP) is 2.62. The minimum absolute atomic E-state index is 0.0735. The molecule has 1 rings (SSSR count). The molecule has 1 atom stereocenters. The van der Waals surface area contributed by atoms with Crippen LogP contribution < -0.4 is 0 Å². The van der Waals surface area contributed by atoms with E-state index in [4.69, 9.17) is 0 Å². The zero-order valence-electron chi connectivity index (χ0n) is 9.05. The summed E-state index contributed by atoms with van der Waals surface area (Å²) in [5, 5.41) is 0. The van der Waals surface area contributed by atoms with Gasteiger partial charge in [0.1, 0.15) is 5.78 Å². The first-order chi connectivity index (χ1) is 6.05. The third kappa shape index (κ3) is 1.67. The Kier molecular flexibility index (Phi) is 2.89. The Hall–Kier alpha value is -0.660. The van der Waals surface area contributed by atoms with Gasteiger partial charge >= 0.3 is 0 Å². The van der Waals surface area contributed by atoms with Crippen LogP contribution in [0.3, 0.4) is 0 Å². The van der Waals surface area contributed by atoms with Crippen molar-refractivity contribution >= 4 is 11.5 Å². The lowest BCUT2D eigenvalue weighted by Crippen LogP contribution is -2.35. The molecule has 1 heterocycles. The third-order valence-electron chi connectivity index (χ3n) is 3.28. The van der Waals surface area contributed by atoms with Crippen molar-refractivity contribution in [3.8, 4) is 0 Å². The van der Waals surface area contributed by atoms with Gasteiger partial charge in [0.25, 0.3) is 0 Å². The van der Waals surface area contributed by atoms with Crippen LogP contribution in [0.25, 0.3) is 0 Å². The average molecular weight is 181 g/mol. The van der Waals surface area contributed by atoms with Crippen LogP contribution in [0.5, 0.6) is 0 Å². The summed E-state index contributed by atoms with van der Waals surface area (Å²) in [6.07, 6.45) is 2.83. The highest BCUT2D eigenvalue weighted by molar-refractivity contribution is 5.92. The monoisotopic (exact) mass is 181 g/mol. The maximum Gasteiger partial charge on any atom is 0.135 e.